The van der Waals surface area contributed by atoms with E-state index in [4.69, 9.17) is 32.5 Å². The van der Waals surface area contributed by atoms with E-state index in [1.54, 1.807) is 6.07 Å². The molecule has 0 atom stereocenters. The van der Waals surface area contributed by atoms with Gasteiger partial charge in [-0.05, 0) is 44.4 Å². The molecule has 1 fully saturated rings. The molecule has 0 unspecified atom stereocenters. The number of ether oxygens (including phenoxy) is 1. The minimum Gasteiger partial charge on any atom is -0.381 e. The number of hydrogen-bond acceptors (Lipinski definition) is 4. The maximum Gasteiger partial charge on any atom is 0.224 e. The number of aryl methyl sites for hydroxylation is 2. The van der Waals surface area contributed by atoms with Crippen molar-refractivity contribution in [3.63, 3.8) is 0 Å². The molecule has 5 nitrogen and oxygen atoms in total. The standard InChI is InChI=1S/C19H22Cl2N2O3/c1-12-15(13(2)26-23-12)10-18(24)22-11-19(5-7-25-8-6-19)16-4-3-14(20)9-17(16)21/h3-4,9H,5-8,10-11H2,1-2H3,(H,22,24). The zero-order valence-electron chi connectivity index (χ0n) is 14.9. The van der Waals surface area contributed by atoms with Gasteiger partial charge in [0.05, 0.1) is 12.1 Å². The zero-order valence-corrected chi connectivity index (χ0v) is 16.4. The first kappa shape index (κ1) is 19.2. The summed E-state index contributed by atoms with van der Waals surface area (Å²) >= 11 is 12.5. The van der Waals surface area contributed by atoms with Crippen LogP contribution in [0.2, 0.25) is 10.0 Å². The molecule has 1 aliphatic heterocycles. The monoisotopic (exact) mass is 396 g/mol. The van der Waals surface area contributed by atoms with Gasteiger partial charge in [0.25, 0.3) is 0 Å². The van der Waals surface area contributed by atoms with E-state index in [1.807, 2.05) is 26.0 Å². The maximum atomic E-state index is 12.5. The number of carbonyl (C=O) groups excluding carboxylic acids is 1. The second kappa shape index (κ2) is 7.99. The molecule has 0 radical (unpaired) electrons. The molecule has 1 aromatic carbocycles. The summed E-state index contributed by atoms with van der Waals surface area (Å²) in [6, 6.07) is 5.55. The molecule has 7 heteroatoms. The van der Waals surface area contributed by atoms with E-state index in [0.29, 0.717) is 35.6 Å². The van der Waals surface area contributed by atoms with Crippen molar-refractivity contribution >= 4 is 29.1 Å². The third-order valence-corrected chi connectivity index (χ3v) is 5.64. The summed E-state index contributed by atoms with van der Waals surface area (Å²) in [5.74, 6) is 0.620. The highest BCUT2D eigenvalue weighted by atomic mass is 35.5. The summed E-state index contributed by atoms with van der Waals surface area (Å²) in [5.41, 5.74) is 2.34. The smallest absolute Gasteiger partial charge is 0.224 e. The van der Waals surface area contributed by atoms with Gasteiger partial charge in [-0.25, -0.2) is 0 Å². The molecule has 1 amide bonds. The SMILES string of the molecule is Cc1noc(C)c1CC(=O)NCC1(c2ccc(Cl)cc2Cl)CCOCC1. The first-order valence-electron chi connectivity index (χ1n) is 8.63. The van der Waals surface area contributed by atoms with Gasteiger partial charge in [0, 0.05) is 40.8 Å². The lowest BCUT2D eigenvalue weighted by molar-refractivity contribution is -0.121. The van der Waals surface area contributed by atoms with Crippen LogP contribution in [0, 0.1) is 13.8 Å². The van der Waals surface area contributed by atoms with Crippen molar-refractivity contribution < 1.29 is 14.1 Å². The zero-order chi connectivity index (χ0) is 18.7. The number of amides is 1. The van der Waals surface area contributed by atoms with Crippen molar-refractivity contribution in [3.8, 4) is 0 Å². The van der Waals surface area contributed by atoms with E-state index in [0.717, 1.165) is 29.7 Å². The summed E-state index contributed by atoms with van der Waals surface area (Å²) < 4.78 is 10.7. The molecule has 0 spiro atoms. The molecule has 140 valence electrons. The Labute approximate surface area is 163 Å². The average Bonchev–Trinajstić information content (AvgIpc) is 2.93. The van der Waals surface area contributed by atoms with Crippen molar-refractivity contribution in [2.24, 2.45) is 0 Å². The van der Waals surface area contributed by atoms with Crippen molar-refractivity contribution in [1.82, 2.24) is 10.5 Å². The summed E-state index contributed by atoms with van der Waals surface area (Å²) in [7, 11) is 0. The van der Waals surface area contributed by atoms with Crippen LogP contribution in [0.25, 0.3) is 0 Å². The van der Waals surface area contributed by atoms with Gasteiger partial charge in [0.15, 0.2) is 0 Å². The lowest BCUT2D eigenvalue weighted by Crippen LogP contribution is -2.45. The number of rotatable bonds is 5. The number of benzene rings is 1. The molecule has 2 heterocycles. The van der Waals surface area contributed by atoms with Crippen LogP contribution in [0.4, 0.5) is 0 Å². The van der Waals surface area contributed by atoms with Gasteiger partial charge < -0.3 is 14.6 Å². The summed E-state index contributed by atoms with van der Waals surface area (Å²) in [5, 5.41) is 8.19. The molecule has 0 bridgehead atoms. The number of nitrogens with one attached hydrogen (secondary N) is 1. The lowest BCUT2D eigenvalue weighted by atomic mass is 9.74. The van der Waals surface area contributed by atoms with Crippen LogP contribution in [0.3, 0.4) is 0 Å². The van der Waals surface area contributed by atoms with Crippen LogP contribution in [0.15, 0.2) is 22.7 Å². The molecule has 0 saturated carbocycles. The van der Waals surface area contributed by atoms with E-state index in [-0.39, 0.29) is 17.7 Å². The predicted molar refractivity (Wildman–Crippen MR) is 101 cm³/mol. The summed E-state index contributed by atoms with van der Waals surface area (Å²) in [6.45, 7) is 5.43. The third-order valence-electron chi connectivity index (χ3n) is 5.09. The number of carbonyl (C=O) groups is 1. The van der Waals surface area contributed by atoms with E-state index in [9.17, 15) is 4.79 Å². The van der Waals surface area contributed by atoms with E-state index < -0.39 is 0 Å². The quantitative estimate of drug-likeness (QED) is 0.828. The Hall–Kier alpha value is -1.56. The van der Waals surface area contributed by atoms with Gasteiger partial charge in [-0.2, -0.15) is 0 Å². The van der Waals surface area contributed by atoms with Crippen molar-refractivity contribution in [1.29, 1.82) is 0 Å². The molecule has 3 rings (SSSR count). The van der Waals surface area contributed by atoms with E-state index in [2.05, 4.69) is 10.5 Å². The van der Waals surface area contributed by atoms with E-state index >= 15 is 0 Å². The number of halogens is 2. The minimum atomic E-state index is -0.256. The summed E-state index contributed by atoms with van der Waals surface area (Å²) in [6.07, 6.45) is 1.84. The van der Waals surface area contributed by atoms with Gasteiger partial charge in [0.1, 0.15) is 5.76 Å². The van der Waals surface area contributed by atoms with E-state index in [1.165, 1.54) is 0 Å². The molecule has 26 heavy (non-hydrogen) atoms. The van der Waals surface area contributed by atoms with Crippen LogP contribution in [-0.4, -0.2) is 30.8 Å². The minimum absolute atomic E-state index is 0.0599. The first-order valence-corrected chi connectivity index (χ1v) is 9.39. The highest BCUT2D eigenvalue weighted by molar-refractivity contribution is 6.35. The Kier molecular flexibility index (Phi) is 5.90. The normalized spacial score (nSPS) is 16.5. The summed E-state index contributed by atoms with van der Waals surface area (Å²) in [4.78, 5) is 12.5. The molecule has 0 aliphatic carbocycles. The largest absolute Gasteiger partial charge is 0.381 e. The second-order valence-electron chi connectivity index (χ2n) is 6.77. The van der Waals surface area contributed by atoms with Crippen LogP contribution >= 0.6 is 23.2 Å². The topological polar surface area (TPSA) is 64.4 Å². The van der Waals surface area contributed by atoms with Crippen LogP contribution in [0.5, 0.6) is 0 Å². The van der Waals surface area contributed by atoms with Crippen LogP contribution in [-0.2, 0) is 21.4 Å². The average molecular weight is 397 g/mol. The maximum absolute atomic E-state index is 12.5. The van der Waals surface area contributed by atoms with Gasteiger partial charge >= 0.3 is 0 Å². The molecular formula is C19H22Cl2N2O3. The molecular weight excluding hydrogens is 375 g/mol. The Bertz CT molecular complexity index is 779. The number of nitrogens with zero attached hydrogens (tertiary/aromatic N) is 1. The van der Waals surface area contributed by atoms with Gasteiger partial charge in [-0.15, -0.1) is 0 Å². The highest BCUT2D eigenvalue weighted by Crippen LogP contribution is 2.39. The fourth-order valence-corrected chi connectivity index (χ4v) is 4.08. The van der Waals surface area contributed by atoms with Crippen molar-refractivity contribution in [3.05, 3.63) is 50.8 Å². The Morgan fingerprint density at radius 1 is 1.27 bits per heavy atom. The number of hydrogen-bond donors (Lipinski definition) is 1. The lowest BCUT2D eigenvalue weighted by Gasteiger charge is -2.38. The fraction of sp³-hybridized carbons (Fsp3) is 0.474. The predicted octanol–water partition coefficient (Wildman–Crippen LogP) is 4.01. The first-order chi connectivity index (χ1) is 12.4. The second-order valence-corrected chi connectivity index (χ2v) is 7.62. The van der Waals surface area contributed by atoms with Crippen LogP contribution < -0.4 is 5.32 Å². The van der Waals surface area contributed by atoms with Crippen molar-refractivity contribution in [2.75, 3.05) is 19.8 Å². The molecule has 1 saturated heterocycles. The fourth-order valence-electron chi connectivity index (χ4n) is 3.47. The molecule has 2 aromatic rings. The Morgan fingerprint density at radius 3 is 2.62 bits per heavy atom. The Balaban J connectivity index is 1.76. The van der Waals surface area contributed by atoms with Crippen molar-refractivity contribution in [2.45, 2.75) is 38.5 Å². The van der Waals surface area contributed by atoms with Crippen LogP contribution in [0.1, 0.15) is 35.4 Å². The van der Waals surface area contributed by atoms with Gasteiger partial charge in [-0.3, -0.25) is 4.79 Å². The molecule has 1 N–H and O–H groups in total. The van der Waals surface area contributed by atoms with Gasteiger partial charge in [-0.1, -0.05) is 34.4 Å². The Morgan fingerprint density at radius 2 is 2.00 bits per heavy atom. The number of aromatic nitrogens is 1. The highest BCUT2D eigenvalue weighted by Gasteiger charge is 2.36. The third kappa shape index (κ3) is 4.05. The molecule has 1 aromatic heterocycles. The molecule has 1 aliphatic rings. The van der Waals surface area contributed by atoms with Gasteiger partial charge in [0.2, 0.25) is 5.91 Å².